The average Bonchev–Trinajstić information content (AvgIpc) is 3.12. The second-order valence-corrected chi connectivity index (χ2v) is 8.59. The van der Waals surface area contributed by atoms with E-state index in [4.69, 9.17) is 4.42 Å². The molecule has 0 aliphatic rings. The van der Waals surface area contributed by atoms with Gasteiger partial charge in [-0.3, -0.25) is 10.1 Å². The molecule has 1 aromatic heterocycles. The van der Waals surface area contributed by atoms with E-state index < -0.39 is 10.0 Å². The van der Waals surface area contributed by atoms with E-state index in [1.54, 1.807) is 12.1 Å². The van der Waals surface area contributed by atoms with Crippen molar-refractivity contribution < 1.29 is 17.6 Å². The number of rotatable bonds is 6. The summed E-state index contributed by atoms with van der Waals surface area (Å²) in [4.78, 5) is 12.3. The van der Waals surface area contributed by atoms with Crippen LogP contribution in [-0.4, -0.2) is 42.9 Å². The van der Waals surface area contributed by atoms with Crippen molar-refractivity contribution in [2.75, 3.05) is 19.4 Å². The van der Waals surface area contributed by atoms with Gasteiger partial charge >= 0.3 is 6.01 Å². The fourth-order valence-electron chi connectivity index (χ4n) is 2.43. The number of hydrogen-bond donors (Lipinski definition) is 1. The summed E-state index contributed by atoms with van der Waals surface area (Å²) in [5, 5.41) is 10.3. The van der Waals surface area contributed by atoms with E-state index in [9.17, 15) is 13.2 Å². The van der Waals surface area contributed by atoms with E-state index in [2.05, 4.69) is 15.5 Å². The number of amides is 1. The first-order chi connectivity index (χ1) is 13.3. The van der Waals surface area contributed by atoms with Crippen LogP contribution in [0.2, 0.25) is 0 Å². The number of hydrogen-bond acceptors (Lipinski definition) is 6. The number of sulfonamides is 1. The third-order valence-corrected chi connectivity index (χ3v) is 5.87. The van der Waals surface area contributed by atoms with E-state index in [0.29, 0.717) is 5.56 Å². The maximum atomic E-state index is 12.1. The third-order valence-electron chi connectivity index (χ3n) is 4.04. The lowest BCUT2D eigenvalue weighted by Gasteiger charge is -2.11. The van der Waals surface area contributed by atoms with Crippen molar-refractivity contribution in [1.29, 1.82) is 0 Å². The summed E-state index contributed by atoms with van der Waals surface area (Å²) in [6, 6.07) is 13.7. The molecule has 0 spiro atoms. The minimum atomic E-state index is -3.51. The largest absolute Gasteiger partial charge is 0.403 e. The van der Waals surface area contributed by atoms with E-state index in [1.807, 2.05) is 31.2 Å². The van der Waals surface area contributed by atoms with Crippen LogP contribution >= 0.6 is 0 Å². The van der Waals surface area contributed by atoms with E-state index in [-0.39, 0.29) is 29.1 Å². The molecule has 0 atom stereocenters. The van der Waals surface area contributed by atoms with E-state index in [1.165, 1.54) is 26.2 Å². The summed E-state index contributed by atoms with van der Waals surface area (Å²) in [7, 11) is -0.579. The van der Waals surface area contributed by atoms with Crippen LogP contribution in [0.15, 0.2) is 57.8 Å². The highest BCUT2D eigenvalue weighted by Crippen LogP contribution is 2.22. The maximum Gasteiger partial charge on any atom is 0.322 e. The van der Waals surface area contributed by atoms with Crippen molar-refractivity contribution in [3.05, 3.63) is 59.7 Å². The lowest BCUT2D eigenvalue weighted by molar-refractivity contribution is -0.115. The van der Waals surface area contributed by atoms with Crippen molar-refractivity contribution in [2.24, 2.45) is 0 Å². The first kappa shape index (κ1) is 19.7. The van der Waals surface area contributed by atoms with Crippen LogP contribution < -0.4 is 5.32 Å². The molecule has 8 nitrogen and oxygen atoms in total. The predicted molar refractivity (Wildman–Crippen MR) is 104 cm³/mol. The van der Waals surface area contributed by atoms with Crippen molar-refractivity contribution in [3.8, 4) is 11.5 Å². The molecule has 0 saturated carbocycles. The highest BCUT2D eigenvalue weighted by Gasteiger charge is 2.18. The second kappa shape index (κ2) is 7.91. The lowest BCUT2D eigenvalue weighted by atomic mass is 10.1. The Kier molecular flexibility index (Phi) is 5.57. The summed E-state index contributed by atoms with van der Waals surface area (Å²) in [6.07, 6.45) is 0.190. The van der Waals surface area contributed by atoms with Crippen LogP contribution in [0.5, 0.6) is 0 Å². The van der Waals surface area contributed by atoms with Gasteiger partial charge in [0.1, 0.15) is 0 Å². The van der Waals surface area contributed by atoms with Gasteiger partial charge in [-0.2, -0.15) is 0 Å². The fraction of sp³-hybridized carbons (Fsp3) is 0.211. The highest BCUT2D eigenvalue weighted by molar-refractivity contribution is 7.89. The van der Waals surface area contributed by atoms with E-state index in [0.717, 1.165) is 15.4 Å². The fourth-order valence-corrected chi connectivity index (χ4v) is 3.33. The molecule has 1 heterocycles. The molecule has 0 bridgehead atoms. The molecule has 0 radical (unpaired) electrons. The summed E-state index contributed by atoms with van der Waals surface area (Å²) in [5.41, 5.74) is 2.54. The van der Waals surface area contributed by atoms with Gasteiger partial charge in [0.15, 0.2) is 0 Å². The van der Waals surface area contributed by atoms with Crippen molar-refractivity contribution in [3.63, 3.8) is 0 Å². The number of aryl methyl sites for hydroxylation is 1. The van der Waals surface area contributed by atoms with Crippen LogP contribution in [0.4, 0.5) is 6.01 Å². The molecule has 0 unspecified atom stereocenters. The first-order valence-electron chi connectivity index (χ1n) is 8.47. The monoisotopic (exact) mass is 400 g/mol. The van der Waals surface area contributed by atoms with Crippen LogP contribution in [0.25, 0.3) is 11.5 Å². The Morgan fingerprint density at radius 2 is 1.68 bits per heavy atom. The van der Waals surface area contributed by atoms with Gasteiger partial charge < -0.3 is 4.42 Å². The minimum absolute atomic E-state index is 0.0166. The third kappa shape index (κ3) is 4.44. The van der Waals surface area contributed by atoms with Crippen molar-refractivity contribution >= 4 is 21.9 Å². The van der Waals surface area contributed by atoms with Crippen molar-refractivity contribution in [2.45, 2.75) is 18.2 Å². The number of carbonyl (C=O) groups excluding carboxylic acids is 1. The molecule has 0 aliphatic carbocycles. The molecular weight excluding hydrogens is 380 g/mol. The zero-order valence-corrected chi connectivity index (χ0v) is 16.5. The van der Waals surface area contributed by atoms with Gasteiger partial charge in [-0.05, 0) is 36.8 Å². The van der Waals surface area contributed by atoms with E-state index >= 15 is 0 Å². The average molecular weight is 400 g/mol. The van der Waals surface area contributed by atoms with Crippen LogP contribution in [0.3, 0.4) is 0 Å². The summed E-state index contributed by atoms with van der Waals surface area (Å²) >= 11 is 0. The second-order valence-electron chi connectivity index (χ2n) is 6.43. The molecule has 146 valence electrons. The molecule has 1 amide bonds. The predicted octanol–water partition coefficient (Wildman–Crippen LogP) is 2.48. The molecule has 0 aliphatic heterocycles. The molecule has 0 fully saturated rings. The Bertz CT molecular complexity index is 1070. The zero-order chi connectivity index (χ0) is 20.3. The van der Waals surface area contributed by atoms with Crippen LogP contribution in [0, 0.1) is 6.92 Å². The maximum absolute atomic E-state index is 12.1. The molecule has 1 N–H and O–H groups in total. The molecular formula is C19H20N4O4S. The van der Waals surface area contributed by atoms with Gasteiger partial charge in [0.05, 0.1) is 11.3 Å². The summed E-state index contributed by atoms with van der Waals surface area (Å²) < 4.78 is 30.8. The Hall–Kier alpha value is -3.04. The van der Waals surface area contributed by atoms with Gasteiger partial charge in [0.2, 0.25) is 21.8 Å². The van der Waals surface area contributed by atoms with Gasteiger partial charge in [-0.15, -0.1) is 5.10 Å². The molecule has 9 heteroatoms. The topological polar surface area (TPSA) is 105 Å². The number of aromatic nitrogens is 2. The molecule has 0 saturated heterocycles. The Morgan fingerprint density at radius 3 is 2.29 bits per heavy atom. The highest BCUT2D eigenvalue weighted by atomic mass is 32.2. The SMILES string of the molecule is Cc1ccc(CC(=O)Nc2nnc(-c3ccc(S(=O)(=O)N(C)C)cc3)o2)cc1. The Balaban J connectivity index is 1.68. The number of benzene rings is 2. The number of nitrogens with zero attached hydrogens (tertiary/aromatic N) is 3. The molecule has 3 rings (SSSR count). The first-order valence-corrected chi connectivity index (χ1v) is 9.91. The Morgan fingerprint density at radius 1 is 1.04 bits per heavy atom. The molecule has 28 heavy (non-hydrogen) atoms. The smallest absolute Gasteiger partial charge is 0.322 e. The quantitative estimate of drug-likeness (QED) is 0.681. The van der Waals surface area contributed by atoms with Gasteiger partial charge in [-0.25, -0.2) is 12.7 Å². The van der Waals surface area contributed by atoms with Gasteiger partial charge in [-0.1, -0.05) is 34.9 Å². The summed E-state index contributed by atoms with van der Waals surface area (Å²) in [6.45, 7) is 1.98. The molecule has 2 aromatic carbocycles. The number of carbonyl (C=O) groups is 1. The van der Waals surface area contributed by atoms with Gasteiger partial charge in [0, 0.05) is 19.7 Å². The van der Waals surface area contributed by atoms with Gasteiger partial charge in [0.25, 0.3) is 0 Å². The summed E-state index contributed by atoms with van der Waals surface area (Å²) in [5.74, 6) is -0.0917. The standard InChI is InChI=1S/C19H20N4O4S/c1-13-4-6-14(7-5-13)12-17(24)20-19-22-21-18(27-19)15-8-10-16(11-9-15)28(25,26)23(2)3/h4-11H,12H2,1-3H3,(H,20,22,24). The number of nitrogens with one attached hydrogen (secondary N) is 1. The molecule has 3 aromatic rings. The van der Waals surface area contributed by atoms with Crippen LogP contribution in [-0.2, 0) is 21.2 Å². The lowest BCUT2D eigenvalue weighted by Crippen LogP contribution is -2.22. The normalized spacial score (nSPS) is 11.6. The van der Waals surface area contributed by atoms with Crippen LogP contribution in [0.1, 0.15) is 11.1 Å². The Labute approximate surface area is 163 Å². The minimum Gasteiger partial charge on any atom is -0.403 e. The zero-order valence-electron chi connectivity index (χ0n) is 15.7. The number of anilines is 1. The van der Waals surface area contributed by atoms with Crippen molar-refractivity contribution in [1.82, 2.24) is 14.5 Å².